The molecule has 3 aliphatic rings. The Morgan fingerprint density at radius 2 is 1.59 bits per heavy atom. The molecule has 3 heterocycles. The van der Waals surface area contributed by atoms with Gasteiger partial charge in [0.2, 0.25) is 0 Å². The van der Waals surface area contributed by atoms with Crippen LogP contribution in [-0.4, -0.2) is 31.0 Å². The fraction of sp³-hybridized carbons (Fsp3) is 0.323. The lowest BCUT2D eigenvalue weighted by Gasteiger charge is -2.40. The Kier molecular flexibility index (Phi) is 5.89. The summed E-state index contributed by atoms with van der Waals surface area (Å²) in [5, 5.41) is 6.44. The maximum Gasteiger partial charge on any atom is 0.179 e. The maximum absolute atomic E-state index is 5.81. The standard InChI is InChI=1S/C31H36N5P/c1-23-17-18-27(24(2)21-23)33-37(35-19-11-12-20-35)29(22-32-36(37)25-13-7-6-8-14-25)30-31(3,4)26-15-9-10-16-28(26)34(30)5/h6-10,13-18,21-22H,11-12,19-20H2,1-5H3/b30-29-. The highest BCUT2D eigenvalue weighted by molar-refractivity contribution is 7.71. The number of hydrogen-bond donors (Lipinski definition) is 0. The Bertz CT molecular complexity index is 1460. The molecule has 0 amide bonds. The van der Waals surface area contributed by atoms with Gasteiger partial charge in [-0.2, -0.15) is 5.10 Å². The van der Waals surface area contributed by atoms with Crippen LogP contribution >= 0.6 is 7.36 Å². The fourth-order valence-corrected chi connectivity index (χ4v) is 10.3. The van der Waals surface area contributed by atoms with E-state index in [9.17, 15) is 0 Å². The van der Waals surface area contributed by atoms with Gasteiger partial charge < -0.3 is 4.90 Å². The first kappa shape index (κ1) is 24.2. The third kappa shape index (κ3) is 3.71. The van der Waals surface area contributed by atoms with E-state index in [4.69, 9.17) is 9.85 Å². The number of hydrogen-bond acceptors (Lipinski definition) is 3. The third-order valence-electron chi connectivity index (χ3n) is 8.05. The quantitative estimate of drug-likeness (QED) is 0.334. The van der Waals surface area contributed by atoms with E-state index >= 15 is 0 Å². The van der Waals surface area contributed by atoms with Crippen LogP contribution in [0.5, 0.6) is 0 Å². The molecule has 5 nitrogen and oxygen atoms in total. The first-order chi connectivity index (χ1) is 17.8. The van der Waals surface area contributed by atoms with Crippen LogP contribution < -0.4 is 9.68 Å². The zero-order valence-corrected chi connectivity index (χ0v) is 23.4. The van der Waals surface area contributed by atoms with Crippen LogP contribution in [0.3, 0.4) is 0 Å². The topological polar surface area (TPSA) is 34.4 Å². The molecule has 1 saturated heterocycles. The van der Waals surface area contributed by atoms with Crippen LogP contribution in [-0.2, 0) is 5.41 Å². The van der Waals surface area contributed by atoms with Gasteiger partial charge in [0.15, 0.2) is 7.36 Å². The van der Waals surface area contributed by atoms with Gasteiger partial charge in [0.05, 0.1) is 22.9 Å². The van der Waals surface area contributed by atoms with Gasteiger partial charge in [0.25, 0.3) is 0 Å². The van der Waals surface area contributed by atoms with Gasteiger partial charge in [-0.15, -0.1) is 0 Å². The van der Waals surface area contributed by atoms with Gasteiger partial charge in [-0.1, -0.05) is 67.9 Å². The molecule has 0 spiro atoms. The van der Waals surface area contributed by atoms with Crippen LogP contribution in [0.25, 0.3) is 0 Å². The van der Waals surface area contributed by atoms with E-state index in [0.29, 0.717) is 0 Å². The van der Waals surface area contributed by atoms with Crippen molar-refractivity contribution in [2.75, 3.05) is 29.8 Å². The van der Waals surface area contributed by atoms with Crippen LogP contribution in [0.15, 0.2) is 93.7 Å². The van der Waals surface area contributed by atoms with Crippen molar-refractivity contribution in [1.29, 1.82) is 0 Å². The normalized spacial score (nSPS) is 24.7. The molecule has 37 heavy (non-hydrogen) atoms. The van der Waals surface area contributed by atoms with Gasteiger partial charge in [0, 0.05) is 36.9 Å². The second kappa shape index (κ2) is 9.01. The number of aryl methyl sites for hydroxylation is 2. The molecule has 3 aromatic rings. The highest BCUT2D eigenvalue weighted by Crippen LogP contribution is 2.71. The molecule has 3 aromatic carbocycles. The summed E-state index contributed by atoms with van der Waals surface area (Å²) in [5.74, 6) is 0. The van der Waals surface area contributed by atoms with Gasteiger partial charge in [-0.05, 0) is 62.1 Å². The summed E-state index contributed by atoms with van der Waals surface area (Å²) >= 11 is 0. The smallest absolute Gasteiger partial charge is 0.179 e. The van der Waals surface area contributed by atoms with Crippen molar-refractivity contribution in [3.63, 3.8) is 0 Å². The molecule has 0 aromatic heterocycles. The first-order valence-corrected chi connectivity index (χ1v) is 14.9. The van der Waals surface area contributed by atoms with Crippen molar-refractivity contribution in [3.05, 3.63) is 100 Å². The van der Waals surface area contributed by atoms with Crippen molar-refractivity contribution in [2.24, 2.45) is 9.85 Å². The summed E-state index contributed by atoms with van der Waals surface area (Å²) < 4.78 is 10.7. The van der Waals surface area contributed by atoms with E-state index in [1.54, 1.807) is 0 Å². The van der Waals surface area contributed by atoms with Gasteiger partial charge in [0.1, 0.15) is 0 Å². The summed E-state index contributed by atoms with van der Waals surface area (Å²) in [4.78, 5) is 2.40. The summed E-state index contributed by atoms with van der Waals surface area (Å²) in [5.41, 5.74) is 8.41. The van der Waals surface area contributed by atoms with E-state index in [2.05, 4.69) is 128 Å². The summed E-state index contributed by atoms with van der Waals surface area (Å²) in [7, 11) is -0.275. The van der Waals surface area contributed by atoms with Gasteiger partial charge in [-0.3, -0.25) is 0 Å². The number of benzene rings is 3. The minimum atomic E-state index is -2.49. The molecule has 0 radical (unpaired) electrons. The highest BCUT2D eigenvalue weighted by Gasteiger charge is 2.50. The molecular weight excluding hydrogens is 473 g/mol. The summed E-state index contributed by atoms with van der Waals surface area (Å²) in [6.07, 6.45) is 4.51. The SMILES string of the molecule is Cc1ccc(N=P2(N3CCCC3)/C(=C3\N(C)c4ccccc4C3(C)C)C=NN2c2ccccc2)c(C)c1. The largest absolute Gasteiger partial charge is 0.346 e. The lowest BCUT2D eigenvalue weighted by Crippen LogP contribution is -2.30. The fourth-order valence-electron chi connectivity index (χ4n) is 6.29. The molecule has 0 N–H and O–H groups in total. The zero-order chi connectivity index (χ0) is 25.8. The number of anilines is 2. The molecule has 0 bridgehead atoms. The Morgan fingerprint density at radius 3 is 2.30 bits per heavy atom. The molecule has 6 rings (SSSR count). The molecule has 0 aliphatic carbocycles. The number of hydrazone groups is 1. The van der Waals surface area contributed by atoms with Crippen LogP contribution in [0.1, 0.15) is 43.4 Å². The Hall–Kier alpha value is -3.14. The molecule has 6 heteroatoms. The first-order valence-electron chi connectivity index (χ1n) is 13.3. The predicted molar refractivity (Wildman–Crippen MR) is 158 cm³/mol. The summed E-state index contributed by atoms with van der Waals surface area (Å²) in [6, 6.07) is 26.1. The third-order valence-corrected chi connectivity index (χ3v) is 11.6. The Balaban J connectivity index is 1.70. The average molecular weight is 510 g/mol. The lowest BCUT2D eigenvalue weighted by molar-refractivity contribution is 0.558. The maximum atomic E-state index is 5.81. The van der Waals surface area contributed by atoms with Crippen molar-refractivity contribution < 1.29 is 0 Å². The molecule has 0 saturated carbocycles. The molecule has 3 aliphatic heterocycles. The van der Waals surface area contributed by atoms with E-state index in [1.165, 1.54) is 46.2 Å². The van der Waals surface area contributed by atoms with Crippen molar-refractivity contribution in [2.45, 2.75) is 46.0 Å². The molecule has 1 unspecified atom stereocenters. The van der Waals surface area contributed by atoms with E-state index in [0.717, 1.165) is 24.5 Å². The molecular formula is C31H36N5P. The number of nitrogens with zero attached hydrogens (tertiary/aromatic N) is 5. The minimum Gasteiger partial charge on any atom is -0.346 e. The van der Waals surface area contributed by atoms with Gasteiger partial charge in [-0.25, -0.2) is 14.2 Å². The van der Waals surface area contributed by atoms with E-state index in [-0.39, 0.29) is 5.41 Å². The summed E-state index contributed by atoms with van der Waals surface area (Å²) in [6.45, 7) is 11.1. The Labute approximate surface area is 221 Å². The number of rotatable bonds is 3. The van der Waals surface area contributed by atoms with Crippen LogP contribution in [0.2, 0.25) is 0 Å². The van der Waals surface area contributed by atoms with Crippen LogP contribution in [0.4, 0.5) is 17.1 Å². The second-order valence-electron chi connectivity index (χ2n) is 10.9. The number of fused-ring (bicyclic) bond motifs is 1. The predicted octanol–water partition coefficient (Wildman–Crippen LogP) is 8.21. The van der Waals surface area contributed by atoms with E-state index < -0.39 is 7.36 Å². The highest BCUT2D eigenvalue weighted by atomic mass is 31.2. The van der Waals surface area contributed by atoms with E-state index in [1.807, 2.05) is 0 Å². The van der Waals surface area contributed by atoms with Crippen LogP contribution in [0, 0.1) is 13.8 Å². The molecule has 190 valence electrons. The molecule has 1 atom stereocenters. The average Bonchev–Trinajstić information content (AvgIpc) is 3.59. The zero-order valence-electron chi connectivity index (χ0n) is 22.5. The van der Waals surface area contributed by atoms with Gasteiger partial charge >= 0.3 is 0 Å². The van der Waals surface area contributed by atoms with Crippen molar-refractivity contribution >= 4 is 30.6 Å². The minimum absolute atomic E-state index is 0.164. The number of para-hydroxylation sites is 2. The Morgan fingerprint density at radius 1 is 0.892 bits per heavy atom. The number of likely N-dealkylation sites (N-methyl/N-ethyl adjacent to an activating group) is 1. The second-order valence-corrected chi connectivity index (χ2v) is 13.7. The number of allylic oxidation sites excluding steroid dienone is 2. The van der Waals surface area contributed by atoms with Crippen molar-refractivity contribution in [1.82, 2.24) is 4.67 Å². The monoisotopic (exact) mass is 509 g/mol. The van der Waals surface area contributed by atoms with Crippen molar-refractivity contribution in [3.8, 4) is 0 Å². The molecule has 1 fully saturated rings. The lowest BCUT2D eigenvalue weighted by atomic mass is 9.84.